The Morgan fingerprint density at radius 3 is 2.67 bits per heavy atom. The Hall–Kier alpha value is -0.750. The molecule has 0 aliphatic heterocycles. The molecule has 7 heteroatoms. The fourth-order valence-electron chi connectivity index (χ4n) is 0.955. The van der Waals surface area contributed by atoms with Gasteiger partial charge in [-0.25, -0.2) is 18.6 Å². The minimum Gasteiger partial charge on any atom is -0.477 e. The van der Waals surface area contributed by atoms with Crippen molar-refractivity contribution in [3.8, 4) is 0 Å². The Labute approximate surface area is 97.2 Å². The Balaban J connectivity index is 3.38. The molecule has 15 heavy (non-hydrogen) atoms. The van der Waals surface area contributed by atoms with Crippen LogP contribution >= 0.6 is 27.5 Å². The molecule has 0 aliphatic carbocycles. The fraction of sp³-hybridized carbons (Fsp3) is 0.250. The van der Waals surface area contributed by atoms with Gasteiger partial charge < -0.3 is 5.11 Å². The molecule has 82 valence electrons. The van der Waals surface area contributed by atoms with E-state index in [2.05, 4.69) is 20.9 Å². The van der Waals surface area contributed by atoms with E-state index in [1.807, 2.05) is 0 Å². The van der Waals surface area contributed by atoms with Gasteiger partial charge in [0.2, 0.25) is 0 Å². The van der Waals surface area contributed by atoms with Gasteiger partial charge in [-0.15, -0.1) is 0 Å². The third-order valence-electron chi connectivity index (χ3n) is 1.63. The SMILES string of the molecule is O=C(O)c1cc(CBr)c(Cl)c(C(F)F)n1. The van der Waals surface area contributed by atoms with E-state index in [0.29, 0.717) is 0 Å². The number of carbonyl (C=O) groups is 1. The molecule has 0 unspecified atom stereocenters. The summed E-state index contributed by atoms with van der Waals surface area (Å²) in [6.07, 6.45) is -2.89. The first-order valence-electron chi connectivity index (χ1n) is 3.74. The van der Waals surface area contributed by atoms with E-state index in [-0.39, 0.29) is 15.9 Å². The van der Waals surface area contributed by atoms with E-state index >= 15 is 0 Å². The summed E-state index contributed by atoms with van der Waals surface area (Å²) in [6.45, 7) is 0. The van der Waals surface area contributed by atoms with Crippen LogP contribution in [0.4, 0.5) is 8.78 Å². The van der Waals surface area contributed by atoms with E-state index in [9.17, 15) is 13.6 Å². The second kappa shape index (κ2) is 4.85. The molecule has 0 atom stereocenters. The Morgan fingerprint density at radius 2 is 2.27 bits per heavy atom. The number of alkyl halides is 3. The molecular formula is C8H5BrClF2NO2. The first-order chi connectivity index (χ1) is 6.97. The molecule has 0 aliphatic rings. The number of pyridine rings is 1. The Kier molecular flexibility index (Phi) is 3.98. The van der Waals surface area contributed by atoms with Gasteiger partial charge in [0.25, 0.3) is 6.43 Å². The van der Waals surface area contributed by atoms with E-state index < -0.39 is 23.8 Å². The Morgan fingerprint density at radius 1 is 1.67 bits per heavy atom. The number of aromatic carboxylic acids is 1. The van der Waals surface area contributed by atoms with Crippen molar-refractivity contribution in [2.75, 3.05) is 0 Å². The van der Waals surface area contributed by atoms with Crippen molar-refractivity contribution in [3.63, 3.8) is 0 Å². The van der Waals surface area contributed by atoms with Crippen LogP contribution < -0.4 is 0 Å². The second-order valence-corrected chi connectivity index (χ2v) is 3.54. The molecule has 0 radical (unpaired) electrons. The average molecular weight is 300 g/mol. The zero-order chi connectivity index (χ0) is 11.6. The first kappa shape index (κ1) is 12.3. The van der Waals surface area contributed by atoms with Gasteiger partial charge in [0.1, 0.15) is 11.4 Å². The summed E-state index contributed by atoms with van der Waals surface area (Å²) in [5.74, 6) is -1.37. The highest BCUT2D eigenvalue weighted by atomic mass is 79.9. The van der Waals surface area contributed by atoms with Crippen molar-refractivity contribution in [2.45, 2.75) is 11.8 Å². The zero-order valence-corrected chi connectivity index (χ0v) is 9.52. The number of halogens is 4. The molecule has 0 saturated heterocycles. The van der Waals surface area contributed by atoms with Crippen LogP contribution in [0.1, 0.15) is 28.2 Å². The highest BCUT2D eigenvalue weighted by Crippen LogP contribution is 2.29. The molecule has 1 rings (SSSR count). The molecule has 0 spiro atoms. The maximum Gasteiger partial charge on any atom is 0.354 e. The van der Waals surface area contributed by atoms with Crippen molar-refractivity contribution in [3.05, 3.63) is 28.0 Å². The molecule has 1 N–H and O–H groups in total. The number of aromatic nitrogens is 1. The van der Waals surface area contributed by atoms with E-state index in [1.165, 1.54) is 0 Å². The minimum absolute atomic E-state index is 0.189. The average Bonchev–Trinajstić information content (AvgIpc) is 2.17. The predicted molar refractivity (Wildman–Crippen MR) is 53.8 cm³/mol. The number of nitrogens with zero attached hydrogens (tertiary/aromatic N) is 1. The Bertz CT molecular complexity index is 400. The predicted octanol–water partition coefficient (Wildman–Crippen LogP) is 3.27. The van der Waals surface area contributed by atoms with Gasteiger partial charge >= 0.3 is 5.97 Å². The minimum atomic E-state index is -2.89. The standard InChI is InChI=1S/C8H5BrClF2NO2/c9-2-3-1-4(8(14)15)13-6(5(3)10)7(11)12/h1,7H,2H2,(H,14,15). The molecule has 1 aromatic rings. The van der Waals surface area contributed by atoms with Crippen LogP contribution in [0.2, 0.25) is 5.02 Å². The number of carboxylic acid groups (broad SMARTS) is 1. The van der Waals surface area contributed by atoms with Crippen LogP contribution in [-0.4, -0.2) is 16.1 Å². The maximum atomic E-state index is 12.4. The maximum absolute atomic E-state index is 12.4. The van der Waals surface area contributed by atoms with Crippen LogP contribution in [0.5, 0.6) is 0 Å². The monoisotopic (exact) mass is 299 g/mol. The topological polar surface area (TPSA) is 50.2 Å². The van der Waals surface area contributed by atoms with Crippen molar-refractivity contribution in [1.82, 2.24) is 4.98 Å². The highest BCUT2D eigenvalue weighted by Gasteiger charge is 2.20. The lowest BCUT2D eigenvalue weighted by Crippen LogP contribution is -2.06. The zero-order valence-electron chi connectivity index (χ0n) is 7.18. The van der Waals surface area contributed by atoms with Crippen LogP contribution in [0.15, 0.2) is 6.07 Å². The summed E-state index contributed by atoms with van der Waals surface area (Å²) < 4.78 is 24.9. The summed E-state index contributed by atoms with van der Waals surface area (Å²) in [5.41, 5.74) is -0.866. The van der Waals surface area contributed by atoms with Crippen molar-refractivity contribution >= 4 is 33.5 Å². The third-order valence-corrected chi connectivity index (χ3v) is 2.67. The van der Waals surface area contributed by atoms with Crippen LogP contribution in [0.3, 0.4) is 0 Å². The van der Waals surface area contributed by atoms with Gasteiger partial charge in [-0.05, 0) is 11.6 Å². The number of hydrogen-bond donors (Lipinski definition) is 1. The normalized spacial score (nSPS) is 10.7. The lowest BCUT2D eigenvalue weighted by atomic mass is 10.2. The van der Waals surface area contributed by atoms with E-state index in [4.69, 9.17) is 16.7 Å². The summed E-state index contributed by atoms with van der Waals surface area (Å²) in [4.78, 5) is 13.9. The largest absolute Gasteiger partial charge is 0.477 e. The first-order valence-corrected chi connectivity index (χ1v) is 5.24. The highest BCUT2D eigenvalue weighted by molar-refractivity contribution is 9.08. The lowest BCUT2D eigenvalue weighted by molar-refractivity contribution is 0.0688. The molecule has 0 fully saturated rings. The van der Waals surface area contributed by atoms with Crippen molar-refractivity contribution < 1.29 is 18.7 Å². The number of rotatable bonds is 3. The summed E-state index contributed by atoms with van der Waals surface area (Å²) in [7, 11) is 0. The smallest absolute Gasteiger partial charge is 0.354 e. The summed E-state index contributed by atoms with van der Waals surface area (Å²) in [5, 5.41) is 8.62. The fourth-order valence-corrected chi connectivity index (χ4v) is 1.81. The van der Waals surface area contributed by atoms with Crippen LogP contribution in [0, 0.1) is 0 Å². The van der Waals surface area contributed by atoms with Crippen LogP contribution in [0.25, 0.3) is 0 Å². The molecule has 3 nitrogen and oxygen atoms in total. The quantitative estimate of drug-likeness (QED) is 0.872. The number of hydrogen-bond acceptors (Lipinski definition) is 2. The van der Waals surface area contributed by atoms with E-state index in [0.717, 1.165) is 6.07 Å². The molecular weight excluding hydrogens is 295 g/mol. The molecule has 0 saturated carbocycles. The van der Waals surface area contributed by atoms with E-state index in [1.54, 1.807) is 0 Å². The van der Waals surface area contributed by atoms with Crippen molar-refractivity contribution in [2.24, 2.45) is 0 Å². The molecule has 0 amide bonds. The molecule has 1 heterocycles. The van der Waals surface area contributed by atoms with Gasteiger partial charge in [0.05, 0.1) is 5.02 Å². The summed E-state index contributed by atoms with van der Waals surface area (Å²) >= 11 is 8.64. The second-order valence-electron chi connectivity index (χ2n) is 2.61. The van der Waals surface area contributed by atoms with Gasteiger partial charge in [-0.1, -0.05) is 27.5 Å². The van der Waals surface area contributed by atoms with Crippen molar-refractivity contribution in [1.29, 1.82) is 0 Å². The number of carboxylic acids is 1. The van der Waals surface area contributed by atoms with Gasteiger partial charge in [-0.3, -0.25) is 0 Å². The van der Waals surface area contributed by atoms with Gasteiger partial charge in [-0.2, -0.15) is 0 Å². The van der Waals surface area contributed by atoms with Gasteiger partial charge in [0.15, 0.2) is 0 Å². The van der Waals surface area contributed by atoms with Gasteiger partial charge in [0, 0.05) is 5.33 Å². The summed E-state index contributed by atoms with van der Waals surface area (Å²) in [6, 6.07) is 1.16. The lowest BCUT2D eigenvalue weighted by Gasteiger charge is -2.07. The molecule has 1 aromatic heterocycles. The molecule has 0 aromatic carbocycles. The van der Waals surface area contributed by atoms with Crippen LogP contribution in [-0.2, 0) is 5.33 Å². The molecule has 0 bridgehead atoms. The third kappa shape index (κ3) is 2.63.